The Morgan fingerprint density at radius 1 is 1.10 bits per heavy atom. The van der Waals surface area contributed by atoms with Crippen LogP contribution in [0.15, 0.2) is 24.3 Å². The number of anilines is 1. The second-order valence-electron chi connectivity index (χ2n) is 6.26. The van der Waals surface area contributed by atoms with Gasteiger partial charge >= 0.3 is 0 Å². The van der Waals surface area contributed by atoms with Gasteiger partial charge in [0.25, 0.3) is 0 Å². The molecule has 0 atom stereocenters. The number of rotatable bonds is 3. The number of likely N-dealkylation sites (N-methyl/N-ethyl adjacent to an activating group) is 1. The average molecular weight is 270 g/mol. The molecular formula is C16H22N4. The van der Waals surface area contributed by atoms with Gasteiger partial charge in [0.2, 0.25) is 0 Å². The van der Waals surface area contributed by atoms with Crippen LogP contribution >= 0.6 is 0 Å². The Bertz CT molecular complexity index is 606. The highest BCUT2D eigenvalue weighted by Gasteiger charge is 2.25. The molecular weight excluding hydrogens is 248 g/mol. The molecule has 0 unspecified atom stereocenters. The molecule has 0 spiro atoms. The minimum Gasteiger partial charge on any atom is -0.352 e. The highest BCUT2D eigenvalue weighted by atomic mass is 15.4. The van der Waals surface area contributed by atoms with Gasteiger partial charge in [0.1, 0.15) is 0 Å². The molecule has 20 heavy (non-hydrogen) atoms. The average Bonchev–Trinajstić information content (AvgIpc) is 3.22. The third-order valence-electron chi connectivity index (χ3n) is 4.57. The Balaban J connectivity index is 1.70. The van der Waals surface area contributed by atoms with Crippen LogP contribution in [0.4, 0.5) is 5.82 Å². The Kier molecular flexibility index (Phi) is 2.91. The largest absolute Gasteiger partial charge is 0.352 e. The summed E-state index contributed by atoms with van der Waals surface area (Å²) in [6.07, 6.45) is 2.75. The lowest BCUT2D eigenvalue weighted by atomic mass is 10.2. The third-order valence-corrected chi connectivity index (χ3v) is 4.57. The van der Waals surface area contributed by atoms with E-state index in [0.29, 0.717) is 0 Å². The third kappa shape index (κ3) is 2.18. The molecule has 2 aromatic rings. The van der Waals surface area contributed by atoms with E-state index in [0.717, 1.165) is 38.6 Å². The smallest absolute Gasteiger partial charge is 0.158 e. The molecule has 106 valence electrons. The molecule has 4 rings (SSSR count). The zero-order chi connectivity index (χ0) is 13.5. The van der Waals surface area contributed by atoms with Gasteiger partial charge < -0.3 is 9.80 Å². The lowest BCUT2D eigenvalue weighted by molar-refractivity contribution is 0.312. The first-order valence-electron chi connectivity index (χ1n) is 7.70. The van der Waals surface area contributed by atoms with Crippen LogP contribution in [0, 0.1) is 5.92 Å². The topological polar surface area (TPSA) is 24.3 Å². The van der Waals surface area contributed by atoms with Crippen LogP contribution in [-0.4, -0.2) is 47.9 Å². The summed E-state index contributed by atoms with van der Waals surface area (Å²) in [5.41, 5.74) is 1.30. The predicted octanol–water partition coefficient (Wildman–Crippen LogP) is 2.20. The number of hydrogen-bond acceptors (Lipinski definition) is 3. The molecule has 4 heteroatoms. The second-order valence-corrected chi connectivity index (χ2v) is 6.26. The van der Waals surface area contributed by atoms with Crippen molar-refractivity contribution in [1.29, 1.82) is 0 Å². The van der Waals surface area contributed by atoms with Crippen molar-refractivity contribution in [3.63, 3.8) is 0 Å². The normalized spacial score (nSPS) is 20.8. The molecule has 1 saturated heterocycles. The van der Waals surface area contributed by atoms with Gasteiger partial charge in [-0.25, -0.2) is 0 Å². The van der Waals surface area contributed by atoms with Gasteiger partial charge in [0.05, 0.1) is 5.52 Å². The summed E-state index contributed by atoms with van der Waals surface area (Å²) in [6, 6.07) is 8.69. The van der Waals surface area contributed by atoms with Gasteiger partial charge in [-0.1, -0.05) is 12.1 Å². The van der Waals surface area contributed by atoms with Crippen LogP contribution in [0.5, 0.6) is 0 Å². The zero-order valence-corrected chi connectivity index (χ0v) is 12.1. The van der Waals surface area contributed by atoms with Gasteiger partial charge in [0, 0.05) is 38.1 Å². The van der Waals surface area contributed by atoms with E-state index in [4.69, 9.17) is 5.10 Å². The number of para-hydroxylation sites is 1. The Morgan fingerprint density at radius 2 is 1.85 bits per heavy atom. The lowest BCUT2D eigenvalue weighted by Crippen LogP contribution is -2.44. The SMILES string of the molecule is CN1CCN(c2nn(CC3CC3)c3ccccc23)CC1. The fraction of sp³-hybridized carbons (Fsp3) is 0.562. The maximum atomic E-state index is 4.94. The maximum Gasteiger partial charge on any atom is 0.158 e. The quantitative estimate of drug-likeness (QED) is 0.854. The molecule has 0 N–H and O–H groups in total. The van der Waals surface area contributed by atoms with E-state index in [1.807, 2.05) is 0 Å². The van der Waals surface area contributed by atoms with Gasteiger partial charge in [0.15, 0.2) is 5.82 Å². The molecule has 1 saturated carbocycles. The monoisotopic (exact) mass is 270 g/mol. The first kappa shape index (κ1) is 12.2. The van der Waals surface area contributed by atoms with Crippen LogP contribution in [0.1, 0.15) is 12.8 Å². The predicted molar refractivity (Wildman–Crippen MR) is 82.2 cm³/mol. The Morgan fingerprint density at radius 3 is 2.60 bits per heavy atom. The standard InChI is InChI=1S/C16H22N4/c1-18-8-10-19(11-9-18)16-14-4-2-3-5-15(14)20(17-16)12-13-6-7-13/h2-5,13H,6-12H2,1H3. The zero-order valence-electron chi connectivity index (χ0n) is 12.1. The molecule has 1 aliphatic carbocycles. The summed E-state index contributed by atoms with van der Waals surface area (Å²) in [7, 11) is 2.20. The van der Waals surface area contributed by atoms with Crippen molar-refractivity contribution in [2.75, 3.05) is 38.1 Å². The van der Waals surface area contributed by atoms with Gasteiger partial charge in [-0.05, 0) is 37.9 Å². The minimum atomic E-state index is 0.860. The van der Waals surface area contributed by atoms with Crippen LogP contribution < -0.4 is 4.90 Å². The summed E-state index contributed by atoms with van der Waals surface area (Å²) in [5.74, 6) is 2.05. The van der Waals surface area contributed by atoms with E-state index in [2.05, 4.69) is 45.8 Å². The summed E-state index contributed by atoms with van der Waals surface area (Å²) >= 11 is 0. The lowest BCUT2D eigenvalue weighted by Gasteiger charge is -2.32. The van der Waals surface area contributed by atoms with Crippen molar-refractivity contribution in [1.82, 2.24) is 14.7 Å². The molecule has 0 amide bonds. The van der Waals surface area contributed by atoms with E-state index in [-0.39, 0.29) is 0 Å². The first-order chi connectivity index (χ1) is 9.81. The molecule has 2 heterocycles. The van der Waals surface area contributed by atoms with E-state index in [1.165, 1.54) is 29.6 Å². The van der Waals surface area contributed by atoms with Gasteiger partial charge in [-0.3, -0.25) is 4.68 Å². The maximum absolute atomic E-state index is 4.94. The molecule has 0 radical (unpaired) electrons. The number of piperazine rings is 1. The first-order valence-corrected chi connectivity index (χ1v) is 7.70. The van der Waals surface area contributed by atoms with Crippen LogP contribution in [0.2, 0.25) is 0 Å². The fourth-order valence-electron chi connectivity index (χ4n) is 3.05. The van der Waals surface area contributed by atoms with Crippen LogP contribution in [0.3, 0.4) is 0 Å². The molecule has 2 aliphatic rings. The minimum absolute atomic E-state index is 0.860. The van der Waals surface area contributed by atoms with Crippen LogP contribution in [-0.2, 0) is 6.54 Å². The van der Waals surface area contributed by atoms with E-state index >= 15 is 0 Å². The molecule has 1 aromatic carbocycles. The summed E-state index contributed by atoms with van der Waals surface area (Å²) < 4.78 is 2.24. The number of benzene rings is 1. The van der Waals surface area contributed by atoms with Crippen molar-refractivity contribution < 1.29 is 0 Å². The number of fused-ring (bicyclic) bond motifs is 1. The molecule has 2 fully saturated rings. The summed E-state index contributed by atoms with van der Waals surface area (Å²) in [4.78, 5) is 4.84. The van der Waals surface area contributed by atoms with Crippen molar-refractivity contribution >= 4 is 16.7 Å². The molecule has 1 aromatic heterocycles. The molecule has 0 bridgehead atoms. The Labute approximate surface area is 120 Å². The highest BCUT2D eigenvalue weighted by Crippen LogP contribution is 2.33. The summed E-state index contributed by atoms with van der Waals surface area (Å²) in [5, 5.41) is 6.26. The molecule has 1 aliphatic heterocycles. The highest BCUT2D eigenvalue weighted by molar-refractivity contribution is 5.90. The van der Waals surface area contributed by atoms with E-state index in [1.54, 1.807) is 0 Å². The number of nitrogens with zero attached hydrogens (tertiary/aromatic N) is 4. The molecule has 4 nitrogen and oxygen atoms in total. The fourth-order valence-corrected chi connectivity index (χ4v) is 3.05. The van der Waals surface area contributed by atoms with Crippen molar-refractivity contribution in [3.8, 4) is 0 Å². The van der Waals surface area contributed by atoms with E-state index in [9.17, 15) is 0 Å². The number of hydrogen-bond donors (Lipinski definition) is 0. The number of aromatic nitrogens is 2. The second kappa shape index (κ2) is 4.77. The Hall–Kier alpha value is -1.55. The van der Waals surface area contributed by atoms with Crippen molar-refractivity contribution in [2.45, 2.75) is 19.4 Å². The van der Waals surface area contributed by atoms with Gasteiger partial charge in [-0.2, -0.15) is 5.10 Å². The summed E-state index contributed by atoms with van der Waals surface area (Å²) in [6.45, 7) is 5.52. The van der Waals surface area contributed by atoms with Crippen molar-refractivity contribution in [3.05, 3.63) is 24.3 Å². The van der Waals surface area contributed by atoms with Crippen molar-refractivity contribution in [2.24, 2.45) is 5.92 Å². The van der Waals surface area contributed by atoms with Crippen LogP contribution in [0.25, 0.3) is 10.9 Å². The van der Waals surface area contributed by atoms with E-state index < -0.39 is 0 Å². The van der Waals surface area contributed by atoms with Gasteiger partial charge in [-0.15, -0.1) is 0 Å².